The van der Waals surface area contributed by atoms with Gasteiger partial charge in [-0.1, -0.05) is 66.6 Å². The number of nitrogens with one attached hydrogen (secondary N) is 1. The van der Waals surface area contributed by atoms with E-state index in [9.17, 15) is 13.2 Å². The quantitative estimate of drug-likeness (QED) is 0.521. The van der Waals surface area contributed by atoms with Crippen molar-refractivity contribution in [1.82, 2.24) is 5.32 Å². The zero-order valence-electron chi connectivity index (χ0n) is 19.0. The number of nitrogens with zero attached hydrogens (tertiary/aromatic N) is 1. The SMILES string of the molecule is CC[C@@H](NC(=O)CN(c1cccc(C)c1)S(=O)(=O)c1ccc(C)cc1)c1ccc(C)cc1. The lowest BCUT2D eigenvalue weighted by atomic mass is 10.0. The second-order valence-corrected chi connectivity index (χ2v) is 9.97. The number of sulfonamides is 1. The molecule has 0 fully saturated rings. The first-order chi connectivity index (χ1) is 15.2. The number of aryl methyl sites for hydroxylation is 3. The minimum atomic E-state index is -3.92. The molecule has 0 saturated heterocycles. The maximum absolute atomic E-state index is 13.5. The van der Waals surface area contributed by atoms with Gasteiger partial charge in [0.2, 0.25) is 5.91 Å². The normalized spacial score (nSPS) is 12.2. The Morgan fingerprint density at radius 2 is 1.47 bits per heavy atom. The Hall–Kier alpha value is -3.12. The van der Waals surface area contributed by atoms with Gasteiger partial charge in [-0.05, 0) is 62.6 Å². The molecule has 0 aliphatic carbocycles. The lowest BCUT2D eigenvalue weighted by Gasteiger charge is -2.26. The number of amides is 1. The smallest absolute Gasteiger partial charge is 0.264 e. The lowest BCUT2D eigenvalue weighted by Crippen LogP contribution is -2.42. The Labute approximate surface area is 191 Å². The fourth-order valence-electron chi connectivity index (χ4n) is 3.53. The molecule has 3 rings (SSSR count). The molecule has 0 aliphatic rings. The minimum absolute atomic E-state index is 0.156. The van der Waals surface area contributed by atoms with Gasteiger partial charge in [0, 0.05) is 0 Å². The predicted molar refractivity (Wildman–Crippen MR) is 129 cm³/mol. The van der Waals surface area contributed by atoms with Gasteiger partial charge in [0.15, 0.2) is 0 Å². The second-order valence-electron chi connectivity index (χ2n) is 8.10. The second kappa shape index (κ2) is 10.0. The molecule has 0 heterocycles. The maximum Gasteiger partial charge on any atom is 0.264 e. The molecule has 3 aromatic rings. The van der Waals surface area contributed by atoms with Crippen molar-refractivity contribution in [2.24, 2.45) is 0 Å². The molecule has 1 N–H and O–H groups in total. The van der Waals surface area contributed by atoms with Crippen molar-refractivity contribution in [3.63, 3.8) is 0 Å². The molecule has 0 aliphatic heterocycles. The monoisotopic (exact) mass is 450 g/mol. The number of hydrogen-bond donors (Lipinski definition) is 1. The molecule has 32 heavy (non-hydrogen) atoms. The number of carbonyl (C=O) groups excluding carboxylic acids is 1. The summed E-state index contributed by atoms with van der Waals surface area (Å²) in [7, 11) is -3.92. The third-order valence-electron chi connectivity index (χ3n) is 5.41. The van der Waals surface area contributed by atoms with E-state index in [1.54, 1.807) is 42.5 Å². The van der Waals surface area contributed by atoms with Crippen LogP contribution in [-0.4, -0.2) is 20.9 Å². The number of benzene rings is 3. The number of carbonyl (C=O) groups is 1. The van der Waals surface area contributed by atoms with Crippen molar-refractivity contribution >= 4 is 21.6 Å². The molecule has 5 nitrogen and oxygen atoms in total. The molecule has 0 spiro atoms. The van der Waals surface area contributed by atoms with Crippen molar-refractivity contribution in [2.75, 3.05) is 10.8 Å². The zero-order chi connectivity index (χ0) is 23.3. The highest BCUT2D eigenvalue weighted by Crippen LogP contribution is 2.25. The standard InChI is InChI=1S/C26H30N2O3S/c1-5-25(22-13-9-19(2)10-14-22)27-26(29)18-28(23-8-6-7-21(4)17-23)32(30,31)24-15-11-20(3)12-16-24/h6-17,25H,5,18H2,1-4H3,(H,27,29)/t25-/m1/s1. The average molecular weight is 451 g/mol. The predicted octanol–water partition coefficient (Wildman–Crippen LogP) is 5.07. The number of anilines is 1. The van der Waals surface area contributed by atoms with Crippen LogP contribution in [0.3, 0.4) is 0 Å². The molecule has 168 valence electrons. The summed E-state index contributed by atoms with van der Waals surface area (Å²) in [6, 6.07) is 21.6. The molecule has 6 heteroatoms. The van der Waals surface area contributed by atoms with Crippen LogP contribution in [0, 0.1) is 20.8 Å². The van der Waals surface area contributed by atoms with Crippen LogP contribution >= 0.6 is 0 Å². The first-order valence-electron chi connectivity index (χ1n) is 10.7. The highest BCUT2D eigenvalue weighted by molar-refractivity contribution is 7.92. The van der Waals surface area contributed by atoms with Crippen LogP contribution < -0.4 is 9.62 Å². The van der Waals surface area contributed by atoms with E-state index in [-0.39, 0.29) is 23.4 Å². The van der Waals surface area contributed by atoms with Crippen LogP contribution in [0.1, 0.15) is 41.6 Å². The topological polar surface area (TPSA) is 66.5 Å². The van der Waals surface area contributed by atoms with E-state index in [0.29, 0.717) is 12.1 Å². The van der Waals surface area contributed by atoms with Gasteiger partial charge in [0.25, 0.3) is 10.0 Å². The van der Waals surface area contributed by atoms with Gasteiger partial charge >= 0.3 is 0 Å². The molecule has 1 atom stereocenters. The number of hydrogen-bond acceptors (Lipinski definition) is 3. The fourth-order valence-corrected chi connectivity index (χ4v) is 4.94. The van der Waals surface area contributed by atoms with E-state index in [4.69, 9.17) is 0 Å². The molecule has 0 bridgehead atoms. The highest BCUT2D eigenvalue weighted by Gasteiger charge is 2.28. The summed E-state index contributed by atoms with van der Waals surface area (Å²) < 4.78 is 28.2. The third kappa shape index (κ3) is 5.56. The average Bonchev–Trinajstić information content (AvgIpc) is 2.76. The number of rotatable bonds is 8. The maximum atomic E-state index is 13.5. The Morgan fingerprint density at radius 1 is 0.875 bits per heavy atom. The van der Waals surface area contributed by atoms with Gasteiger partial charge in [-0.2, -0.15) is 0 Å². The molecule has 0 saturated carbocycles. The van der Waals surface area contributed by atoms with Crippen LogP contribution in [0.4, 0.5) is 5.69 Å². The molecule has 3 aromatic carbocycles. The van der Waals surface area contributed by atoms with E-state index in [1.807, 2.05) is 58.0 Å². The first-order valence-corrected chi connectivity index (χ1v) is 12.2. The van der Waals surface area contributed by atoms with Crippen LogP contribution in [-0.2, 0) is 14.8 Å². The molecular formula is C26H30N2O3S. The Morgan fingerprint density at radius 3 is 2.03 bits per heavy atom. The largest absolute Gasteiger partial charge is 0.348 e. The summed E-state index contributed by atoms with van der Waals surface area (Å²) in [4.78, 5) is 13.2. The van der Waals surface area contributed by atoms with Crippen LogP contribution in [0.5, 0.6) is 0 Å². The fraction of sp³-hybridized carbons (Fsp3) is 0.269. The van der Waals surface area contributed by atoms with Gasteiger partial charge in [0.1, 0.15) is 6.54 Å². The lowest BCUT2D eigenvalue weighted by molar-refractivity contribution is -0.120. The minimum Gasteiger partial charge on any atom is -0.348 e. The van der Waals surface area contributed by atoms with E-state index in [2.05, 4.69) is 5.32 Å². The summed E-state index contributed by atoms with van der Waals surface area (Å²) in [5, 5.41) is 3.00. The first kappa shape index (κ1) is 23.5. The molecular weight excluding hydrogens is 420 g/mol. The summed E-state index contributed by atoms with van der Waals surface area (Å²) in [6.45, 7) is 7.50. The Kier molecular flexibility index (Phi) is 7.36. The van der Waals surface area contributed by atoms with Crippen LogP contribution in [0.15, 0.2) is 77.7 Å². The van der Waals surface area contributed by atoms with Gasteiger partial charge in [-0.3, -0.25) is 9.10 Å². The zero-order valence-corrected chi connectivity index (χ0v) is 19.8. The summed E-state index contributed by atoms with van der Waals surface area (Å²) in [5.74, 6) is -0.352. The van der Waals surface area contributed by atoms with Crippen molar-refractivity contribution in [1.29, 1.82) is 0 Å². The van der Waals surface area contributed by atoms with E-state index >= 15 is 0 Å². The van der Waals surface area contributed by atoms with Crippen molar-refractivity contribution < 1.29 is 13.2 Å². The third-order valence-corrected chi connectivity index (χ3v) is 7.20. The molecule has 0 unspecified atom stereocenters. The molecule has 0 aromatic heterocycles. The van der Waals surface area contributed by atoms with Gasteiger partial charge in [-0.25, -0.2) is 8.42 Å². The molecule has 1 amide bonds. The van der Waals surface area contributed by atoms with Gasteiger partial charge < -0.3 is 5.32 Å². The summed E-state index contributed by atoms with van der Waals surface area (Å²) >= 11 is 0. The van der Waals surface area contributed by atoms with Crippen molar-refractivity contribution in [3.05, 3.63) is 95.1 Å². The summed E-state index contributed by atoms with van der Waals surface area (Å²) in [6.07, 6.45) is 0.698. The summed E-state index contributed by atoms with van der Waals surface area (Å²) in [5.41, 5.74) is 4.48. The van der Waals surface area contributed by atoms with Gasteiger partial charge in [-0.15, -0.1) is 0 Å². The van der Waals surface area contributed by atoms with Crippen molar-refractivity contribution in [3.8, 4) is 0 Å². The van der Waals surface area contributed by atoms with Crippen LogP contribution in [0.25, 0.3) is 0 Å². The van der Waals surface area contributed by atoms with E-state index in [0.717, 1.165) is 22.3 Å². The van der Waals surface area contributed by atoms with Crippen LogP contribution in [0.2, 0.25) is 0 Å². The van der Waals surface area contributed by atoms with Crippen molar-refractivity contribution in [2.45, 2.75) is 45.1 Å². The van der Waals surface area contributed by atoms with E-state index < -0.39 is 10.0 Å². The highest BCUT2D eigenvalue weighted by atomic mass is 32.2. The van der Waals surface area contributed by atoms with Gasteiger partial charge in [0.05, 0.1) is 16.6 Å². The molecule has 0 radical (unpaired) electrons. The Balaban J connectivity index is 1.91. The Bertz CT molecular complexity index is 1170. The van der Waals surface area contributed by atoms with E-state index in [1.165, 1.54) is 4.31 Å².